The Bertz CT molecular complexity index is 381. The van der Waals surface area contributed by atoms with E-state index in [1.807, 2.05) is 17.5 Å². The van der Waals surface area contributed by atoms with E-state index in [1.54, 1.807) is 11.3 Å². The Morgan fingerprint density at radius 2 is 2.12 bits per heavy atom. The van der Waals surface area contributed by atoms with E-state index in [4.69, 9.17) is 0 Å². The van der Waals surface area contributed by atoms with Gasteiger partial charge in [0.05, 0.1) is 0 Å². The summed E-state index contributed by atoms with van der Waals surface area (Å²) >= 11 is 1.57. The summed E-state index contributed by atoms with van der Waals surface area (Å²) in [7, 11) is 0. The lowest BCUT2D eigenvalue weighted by Crippen LogP contribution is -2.51. The standard InChI is InChI=1S/C13H18O2S/c1-12(2,3)9-7-13(8-9,11(14)15)10-5-4-6-16-10/h4-6,9H,7-8H2,1-3H3,(H,14,15). The van der Waals surface area contributed by atoms with Crippen molar-refractivity contribution in [2.75, 3.05) is 0 Å². The largest absolute Gasteiger partial charge is 0.481 e. The smallest absolute Gasteiger partial charge is 0.314 e. The summed E-state index contributed by atoms with van der Waals surface area (Å²) in [5, 5.41) is 11.4. The number of carboxylic acid groups (broad SMARTS) is 1. The summed E-state index contributed by atoms with van der Waals surface area (Å²) < 4.78 is 0. The molecule has 2 nitrogen and oxygen atoms in total. The average Bonchev–Trinajstić information content (AvgIpc) is 2.51. The van der Waals surface area contributed by atoms with Crippen LogP contribution in [0.2, 0.25) is 0 Å². The van der Waals surface area contributed by atoms with Gasteiger partial charge in [-0.1, -0.05) is 26.8 Å². The molecule has 16 heavy (non-hydrogen) atoms. The first kappa shape index (κ1) is 11.6. The molecule has 0 aliphatic heterocycles. The second-order valence-corrected chi connectivity index (χ2v) is 6.78. The van der Waals surface area contributed by atoms with Crippen molar-refractivity contribution >= 4 is 17.3 Å². The fraction of sp³-hybridized carbons (Fsp3) is 0.615. The highest BCUT2D eigenvalue weighted by atomic mass is 32.1. The molecule has 0 unspecified atom stereocenters. The van der Waals surface area contributed by atoms with Gasteiger partial charge >= 0.3 is 5.97 Å². The summed E-state index contributed by atoms with van der Waals surface area (Å²) in [6, 6.07) is 3.90. The van der Waals surface area contributed by atoms with E-state index in [9.17, 15) is 9.90 Å². The first-order valence-electron chi connectivity index (χ1n) is 5.64. The lowest BCUT2D eigenvalue weighted by atomic mass is 9.54. The summed E-state index contributed by atoms with van der Waals surface area (Å²) in [6.07, 6.45) is 1.57. The monoisotopic (exact) mass is 238 g/mol. The van der Waals surface area contributed by atoms with Gasteiger partial charge in [0.2, 0.25) is 0 Å². The van der Waals surface area contributed by atoms with Crippen LogP contribution in [0.1, 0.15) is 38.5 Å². The van der Waals surface area contributed by atoms with Crippen molar-refractivity contribution in [3.8, 4) is 0 Å². The van der Waals surface area contributed by atoms with Gasteiger partial charge in [0.25, 0.3) is 0 Å². The highest BCUT2D eigenvalue weighted by Gasteiger charge is 2.55. The molecule has 1 aliphatic rings. The van der Waals surface area contributed by atoms with Crippen molar-refractivity contribution < 1.29 is 9.90 Å². The van der Waals surface area contributed by atoms with Gasteiger partial charge in [0.15, 0.2) is 0 Å². The molecule has 0 aromatic carbocycles. The zero-order valence-corrected chi connectivity index (χ0v) is 10.8. The minimum Gasteiger partial charge on any atom is -0.481 e. The summed E-state index contributed by atoms with van der Waals surface area (Å²) in [5.74, 6) is -0.138. The molecule has 1 aromatic rings. The molecule has 0 spiro atoms. The zero-order chi connectivity index (χ0) is 12.0. The second kappa shape index (κ2) is 3.59. The molecule has 0 saturated heterocycles. The van der Waals surface area contributed by atoms with E-state index in [0.717, 1.165) is 17.7 Å². The maximum Gasteiger partial charge on any atom is 0.314 e. The van der Waals surface area contributed by atoms with Crippen molar-refractivity contribution in [2.24, 2.45) is 11.3 Å². The third-order valence-electron chi connectivity index (χ3n) is 3.82. The summed E-state index contributed by atoms with van der Waals surface area (Å²) in [5.41, 5.74) is -0.373. The van der Waals surface area contributed by atoms with Crippen LogP contribution in [0.4, 0.5) is 0 Å². The Morgan fingerprint density at radius 3 is 2.50 bits per heavy atom. The number of thiophene rings is 1. The molecule has 1 heterocycles. The summed E-state index contributed by atoms with van der Waals surface area (Å²) in [4.78, 5) is 12.5. The Kier molecular flexibility index (Phi) is 2.61. The number of hydrogen-bond donors (Lipinski definition) is 1. The van der Waals surface area contributed by atoms with E-state index in [0.29, 0.717) is 5.92 Å². The van der Waals surface area contributed by atoms with Crippen molar-refractivity contribution in [3.63, 3.8) is 0 Å². The highest BCUT2D eigenvalue weighted by molar-refractivity contribution is 7.10. The van der Waals surface area contributed by atoms with Crippen LogP contribution in [0.25, 0.3) is 0 Å². The molecule has 1 fully saturated rings. The first-order chi connectivity index (χ1) is 7.36. The molecular formula is C13H18O2S. The number of aliphatic carboxylic acids is 1. The van der Waals surface area contributed by atoms with Crippen LogP contribution in [-0.4, -0.2) is 11.1 Å². The maximum absolute atomic E-state index is 11.5. The SMILES string of the molecule is CC(C)(C)C1CC(C(=O)O)(c2cccs2)C1. The van der Waals surface area contributed by atoms with E-state index < -0.39 is 11.4 Å². The van der Waals surface area contributed by atoms with Crippen LogP contribution in [0, 0.1) is 11.3 Å². The van der Waals surface area contributed by atoms with Crippen molar-refractivity contribution in [3.05, 3.63) is 22.4 Å². The van der Waals surface area contributed by atoms with E-state index in [1.165, 1.54) is 0 Å². The maximum atomic E-state index is 11.5. The molecule has 0 atom stereocenters. The van der Waals surface area contributed by atoms with Crippen LogP contribution >= 0.6 is 11.3 Å². The lowest BCUT2D eigenvalue weighted by Gasteiger charge is -2.49. The van der Waals surface area contributed by atoms with Gasteiger partial charge in [0, 0.05) is 4.88 Å². The molecule has 0 amide bonds. The van der Waals surface area contributed by atoms with Crippen LogP contribution in [-0.2, 0) is 10.2 Å². The Morgan fingerprint density at radius 1 is 1.50 bits per heavy atom. The van der Waals surface area contributed by atoms with Crippen LogP contribution in [0.3, 0.4) is 0 Å². The zero-order valence-electron chi connectivity index (χ0n) is 9.99. The molecule has 1 saturated carbocycles. The fourth-order valence-electron chi connectivity index (χ4n) is 2.43. The molecule has 1 N–H and O–H groups in total. The summed E-state index contributed by atoms with van der Waals surface area (Å²) in [6.45, 7) is 6.58. The van der Waals surface area contributed by atoms with E-state index in [-0.39, 0.29) is 5.41 Å². The average molecular weight is 238 g/mol. The van der Waals surface area contributed by atoms with Gasteiger partial charge in [0.1, 0.15) is 5.41 Å². The lowest BCUT2D eigenvalue weighted by molar-refractivity contribution is -0.151. The normalized spacial score (nSPS) is 29.8. The van der Waals surface area contributed by atoms with Gasteiger partial charge < -0.3 is 5.11 Å². The Hall–Kier alpha value is -0.830. The minimum absolute atomic E-state index is 0.218. The predicted octanol–water partition coefficient (Wildman–Crippen LogP) is 3.53. The molecule has 0 bridgehead atoms. The number of hydrogen-bond acceptors (Lipinski definition) is 2. The quantitative estimate of drug-likeness (QED) is 0.855. The van der Waals surface area contributed by atoms with Crippen molar-refractivity contribution in [1.29, 1.82) is 0 Å². The fourth-order valence-corrected chi connectivity index (χ4v) is 3.37. The predicted molar refractivity (Wildman–Crippen MR) is 65.8 cm³/mol. The highest BCUT2D eigenvalue weighted by Crippen LogP contribution is 2.55. The Labute approximate surface area is 100 Å². The molecule has 88 valence electrons. The number of carbonyl (C=O) groups is 1. The van der Waals surface area contributed by atoms with Crippen LogP contribution in [0.5, 0.6) is 0 Å². The van der Waals surface area contributed by atoms with Gasteiger partial charge in [-0.3, -0.25) is 4.79 Å². The van der Waals surface area contributed by atoms with Crippen molar-refractivity contribution in [2.45, 2.75) is 39.0 Å². The molecule has 1 aliphatic carbocycles. The van der Waals surface area contributed by atoms with E-state index >= 15 is 0 Å². The number of rotatable bonds is 2. The molecular weight excluding hydrogens is 220 g/mol. The molecule has 1 aromatic heterocycles. The molecule has 2 rings (SSSR count). The van der Waals surface area contributed by atoms with Crippen LogP contribution in [0.15, 0.2) is 17.5 Å². The minimum atomic E-state index is -0.657. The molecule has 0 radical (unpaired) electrons. The number of carboxylic acids is 1. The van der Waals surface area contributed by atoms with Gasteiger partial charge in [-0.15, -0.1) is 11.3 Å². The van der Waals surface area contributed by atoms with E-state index in [2.05, 4.69) is 20.8 Å². The third kappa shape index (κ3) is 1.67. The second-order valence-electron chi connectivity index (χ2n) is 5.84. The van der Waals surface area contributed by atoms with Gasteiger partial charge in [-0.2, -0.15) is 0 Å². The van der Waals surface area contributed by atoms with Crippen LogP contribution < -0.4 is 0 Å². The first-order valence-corrected chi connectivity index (χ1v) is 6.51. The topological polar surface area (TPSA) is 37.3 Å². The van der Waals surface area contributed by atoms with Crippen molar-refractivity contribution in [1.82, 2.24) is 0 Å². The molecule has 3 heteroatoms. The Balaban J connectivity index is 2.22. The third-order valence-corrected chi connectivity index (χ3v) is 4.89. The van der Waals surface area contributed by atoms with Gasteiger partial charge in [-0.05, 0) is 35.6 Å². The van der Waals surface area contributed by atoms with Gasteiger partial charge in [-0.25, -0.2) is 0 Å².